The summed E-state index contributed by atoms with van der Waals surface area (Å²) in [6.07, 6.45) is 0. The van der Waals surface area contributed by atoms with Gasteiger partial charge < -0.3 is 4.55 Å². The van der Waals surface area contributed by atoms with Crippen molar-refractivity contribution in [2.24, 2.45) is 0 Å². The number of nitrogens with zero attached hydrogens (tertiary/aromatic N) is 2. The topological polar surface area (TPSA) is 106 Å². The summed E-state index contributed by atoms with van der Waals surface area (Å²) in [5, 5.41) is 8.05. The van der Waals surface area contributed by atoms with Crippen molar-refractivity contribution in [3.63, 3.8) is 0 Å². The van der Waals surface area contributed by atoms with E-state index in [-0.39, 0.29) is 10.7 Å². The minimum absolute atomic E-state index is 0.133. The molecule has 0 radical (unpaired) electrons. The van der Waals surface area contributed by atoms with E-state index in [4.69, 9.17) is 34.5 Å². The van der Waals surface area contributed by atoms with Gasteiger partial charge in [-0.15, -0.1) is 0 Å². The molecule has 0 aliphatic heterocycles. The minimum Gasteiger partial charge on any atom is -0.726 e. The highest BCUT2D eigenvalue weighted by Crippen LogP contribution is 2.26. The Balaban J connectivity index is 0.000000385. The molecule has 0 aliphatic carbocycles. The van der Waals surface area contributed by atoms with Crippen LogP contribution in [0.1, 0.15) is 0 Å². The molecule has 0 bridgehead atoms. The highest BCUT2D eigenvalue weighted by molar-refractivity contribution is 7.79. The molecule has 0 atom stereocenters. The summed E-state index contributed by atoms with van der Waals surface area (Å²) in [7, 11) is -4.92. The maximum Gasteiger partial charge on any atom is 0.406 e. The zero-order chi connectivity index (χ0) is 12.9. The summed E-state index contributed by atoms with van der Waals surface area (Å²) in [4.78, 5) is 2.63. The van der Waals surface area contributed by atoms with Crippen molar-refractivity contribution in [1.82, 2.24) is 0 Å². The minimum atomic E-state index is -4.92. The van der Waals surface area contributed by atoms with Gasteiger partial charge in [0.25, 0.3) is 0 Å². The summed E-state index contributed by atoms with van der Waals surface area (Å²) < 4.78 is 57.5. The molecule has 1 aromatic carbocycles. The second-order valence-corrected chi connectivity index (χ2v) is 3.51. The van der Waals surface area contributed by atoms with Crippen molar-refractivity contribution in [3.05, 3.63) is 33.8 Å². The van der Waals surface area contributed by atoms with E-state index in [9.17, 15) is 8.78 Å². The average Bonchev–Trinajstić information content (AvgIpc) is 2.08. The summed E-state index contributed by atoms with van der Waals surface area (Å²) in [6.45, 7) is 0. The van der Waals surface area contributed by atoms with Crippen LogP contribution in [0.3, 0.4) is 0 Å². The van der Waals surface area contributed by atoms with Gasteiger partial charge in [-0.1, -0.05) is 11.6 Å². The summed E-state index contributed by atoms with van der Waals surface area (Å²) in [6, 6.07) is 1.45. The van der Waals surface area contributed by atoms with Crippen LogP contribution in [-0.2, 0) is 10.4 Å². The number of benzene rings is 1. The number of hydrogen-bond donors (Lipinski definition) is 1. The predicted octanol–water partition coefficient (Wildman–Crippen LogP) is 2.11. The molecule has 10 heteroatoms. The fraction of sp³-hybridized carbons (Fsp3) is 0. The van der Waals surface area contributed by atoms with Gasteiger partial charge in [-0.3, -0.25) is 4.55 Å². The lowest BCUT2D eigenvalue weighted by Crippen LogP contribution is -1.90. The van der Waals surface area contributed by atoms with Gasteiger partial charge in [-0.05, 0) is 0 Å². The Bertz CT molecular complexity index is 520. The Labute approximate surface area is 93.7 Å². The van der Waals surface area contributed by atoms with Crippen molar-refractivity contribution >= 4 is 27.7 Å². The van der Waals surface area contributed by atoms with Crippen LogP contribution >= 0.6 is 11.6 Å². The zero-order valence-corrected chi connectivity index (χ0v) is 8.84. The molecular formula is C6H3ClF2N2O4S. The molecule has 0 amide bonds. The SMILES string of the molecule is N#[N+]c1cc(F)c(F)cc1Cl.O=S(=O)([O-])O. The first-order valence-electron chi connectivity index (χ1n) is 3.33. The van der Waals surface area contributed by atoms with Crippen LogP contribution in [0.4, 0.5) is 14.5 Å². The van der Waals surface area contributed by atoms with Gasteiger partial charge in [0, 0.05) is 6.07 Å². The van der Waals surface area contributed by atoms with Crippen molar-refractivity contribution in [1.29, 1.82) is 5.39 Å². The average molecular weight is 273 g/mol. The molecule has 88 valence electrons. The quantitative estimate of drug-likeness (QED) is 0.337. The molecule has 0 spiro atoms. The molecule has 16 heavy (non-hydrogen) atoms. The van der Waals surface area contributed by atoms with Crippen LogP contribution in [0.5, 0.6) is 0 Å². The van der Waals surface area contributed by atoms with Gasteiger partial charge in [0.2, 0.25) is 15.8 Å². The van der Waals surface area contributed by atoms with E-state index in [2.05, 4.69) is 4.98 Å². The van der Waals surface area contributed by atoms with Gasteiger partial charge in [0.15, 0.2) is 16.6 Å². The molecular weight excluding hydrogens is 270 g/mol. The Morgan fingerprint density at radius 1 is 1.38 bits per heavy atom. The fourth-order valence-corrected chi connectivity index (χ4v) is 0.777. The van der Waals surface area contributed by atoms with E-state index in [1.165, 1.54) is 0 Å². The molecule has 6 nitrogen and oxygen atoms in total. The zero-order valence-electron chi connectivity index (χ0n) is 7.26. The number of rotatable bonds is 0. The molecule has 0 saturated heterocycles. The normalized spacial score (nSPS) is 10.0. The van der Waals surface area contributed by atoms with Crippen molar-refractivity contribution in [2.75, 3.05) is 0 Å². The van der Waals surface area contributed by atoms with Crippen LogP contribution in [-0.4, -0.2) is 17.5 Å². The Hall–Kier alpha value is -1.34. The first-order valence-corrected chi connectivity index (χ1v) is 5.07. The Morgan fingerprint density at radius 2 is 1.75 bits per heavy atom. The number of hydrogen-bond acceptors (Lipinski definition) is 4. The summed E-state index contributed by atoms with van der Waals surface area (Å²) in [5.74, 6) is -2.16. The third-order valence-corrected chi connectivity index (χ3v) is 1.40. The third-order valence-electron chi connectivity index (χ3n) is 1.10. The van der Waals surface area contributed by atoms with Crippen LogP contribution in [0.15, 0.2) is 12.1 Å². The van der Waals surface area contributed by atoms with Gasteiger partial charge in [0.1, 0.15) is 5.02 Å². The molecule has 0 saturated carbocycles. The van der Waals surface area contributed by atoms with Crippen LogP contribution in [0.2, 0.25) is 5.02 Å². The maximum atomic E-state index is 12.3. The largest absolute Gasteiger partial charge is 0.726 e. The molecule has 0 aromatic heterocycles. The Kier molecular flexibility index (Phi) is 5.19. The van der Waals surface area contributed by atoms with E-state index in [1.807, 2.05) is 0 Å². The Morgan fingerprint density at radius 3 is 2.12 bits per heavy atom. The second-order valence-electron chi connectivity index (χ2n) is 2.25. The maximum absolute atomic E-state index is 12.3. The second kappa shape index (κ2) is 5.66. The van der Waals surface area contributed by atoms with E-state index in [0.29, 0.717) is 6.07 Å². The van der Waals surface area contributed by atoms with Crippen LogP contribution in [0.25, 0.3) is 4.98 Å². The smallest absolute Gasteiger partial charge is 0.406 e. The highest BCUT2D eigenvalue weighted by atomic mass is 35.5. The summed E-state index contributed by atoms with van der Waals surface area (Å²) in [5.41, 5.74) is -0.189. The van der Waals surface area contributed by atoms with Gasteiger partial charge in [-0.25, -0.2) is 17.2 Å². The van der Waals surface area contributed by atoms with E-state index in [0.717, 1.165) is 6.07 Å². The molecule has 0 aliphatic rings. The molecule has 1 rings (SSSR count). The van der Waals surface area contributed by atoms with Crippen LogP contribution in [0, 0.1) is 17.0 Å². The molecule has 0 fully saturated rings. The molecule has 0 heterocycles. The van der Waals surface area contributed by atoms with E-state index < -0.39 is 22.0 Å². The lowest BCUT2D eigenvalue weighted by Gasteiger charge is -1.88. The predicted molar refractivity (Wildman–Crippen MR) is 48.4 cm³/mol. The van der Waals surface area contributed by atoms with Crippen molar-refractivity contribution in [3.8, 4) is 0 Å². The van der Waals surface area contributed by atoms with Crippen molar-refractivity contribution in [2.45, 2.75) is 0 Å². The highest BCUT2D eigenvalue weighted by Gasteiger charge is 2.16. The molecule has 1 aromatic rings. The first-order chi connectivity index (χ1) is 7.15. The van der Waals surface area contributed by atoms with Crippen LogP contribution < -0.4 is 0 Å². The molecule has 0 unspecified atom stereocenters. The standard InChI is InChI=1S/C6H2ClF2N2.H2O4S/c7-3-1-4(8)5(9)2-6(3)11-10;1-5(2,3)4/h1-2H;(H2,1,2,3,4)/q+1;/p-1. The monoisotopic (exact) mass is 272 g/mol. The van der Waals surface area contributed by atoms with E-state index >= 15 is 0 Å². The lowest BCUT2D eigenvalue weighted by molar-refractivity contribution is 0.366. The van der Waals surface area contributed by atoms with Gasteiger partial charge in [-0.2, -0.15) is 0 Å². The van der Waals surface area contributed by atoms with Gasteiger partial charge >= 0.3 is 5.69 Å². The van der Waals surface area contributed by atoms with Crippen molar-refractivity contribution < 1.29 is 26.3 Å². The fourth-order valence-electron chi connectivity index (χ4n) is 0.589. The number of halogens is 3. The third kappa shape index (κ3) is 6.20. The molecule has 1 N–H and O–H groups in total. The lowest BCUT2D eigenvalue weighted by atomic mass is 10.3. The number of diazo groups is 1. The van der Waals surface area contributed by atoms with Gasteiger partial charge in [0.05, 0.1) is 6.07 Å². The first kappa shape index (κ1) is 14.7. The van der Waals surface area contributed by atoms with E-state index in [1.54, 1.807) is 0 Å². The summed E-state index contributed by atoms with van der Waals surface area (Å²) >= 11 is 5.34.